The van der Waals surface area contributed by atoms with Gasteiger partial charge in [-0.3, -0.25) is 0 Å². The van der Waals surface area contributed by atoms with Gasteiger partial charge in [-0.1, -0.05) is 38.3 Å². The lowest BCUT2D eigenvalue weighted by molar-refractivity contribution is 0.297. The highest BCUT2D eigenvalue weighted by Gasteiger charge is 2.17. The first-order valence-electron chi connectivity index (χ1n) is 5.14. The summed E-state index contributed by atoms with van der Waals surface area (Å²) in [5.41, 5.74) is 0. The van der Waals surface area contributed by atoms with E-state index in [1.54, 1.807) is 0 Å². The van der Waals surface area contributed by atoms with Crippen LogP contribution in [0.3, 0.4) is 0 Å². The molecule has 1 aliphatic rings. The van der Waals surface area contributed by atoms with Gasteiger partial charge >= 0.3 is 0 Å². The molecule has 0 aliphatic heterocycles. The molecule has 2 unspecified atom stereocenters. The molecule has 1 rings (SSSR count). The Labute approximate surface area is 81.8 Å². The molecule has 1 saturated carbocycles. The fourth-order valence-electron chi connectivity index (χ4n) is 2.13. The Kier molecular flexibility index (Phi) is 4.82. The first kappa shape index (κ1) is 10.2. The van der Waals surface area contributed by atoms with Gasteiger partial charge < -0.3 is 0 Å². The lowest BCUT2D eigenvalue weighted by Gasteiger charge is -2.26. The van der Waals surface area contributed by atoms with Crippen LogP contribution in [-0.4, -0.2) is 5.75 Å². The highest BCUT2D eigenvalue weighted by molar-refractivity contribution is 7.80. The van der Waals surface area contributed by atoms with Crippen LogP contribution in [0.4, 0.5) is 0 Å². The predicted molar refractivity (Wildman–Crippen MR) is 58.7 cm³/mol. The molecule has 0 saturated heterocycles. The van der Waals surface area contributed by atoms with Crippen LogP contribution in [0.25, 0.3) is 0 Å². The molecule has 1 aliphatic carbocycles. The summed E-state index contributed by atoms with van der Waals surface area (Å²) in [4.78, 5) is 0. The van der Waals surface area contributed by atoms with Gasteiger partial charge in [0.05, 0.1) is 0 Å². The van der Waals surface area contributed by atoms with Crippen LogP contribution in [0.1, 0.15) is 39.0 Å². The monoisotopic (exact) mass is 184 g/mol. The summed E-state index contributed by atoms with van der Waals surface area (Å²) in [6.45, 7) is 2.31. The van der Waals surface area contributed by atoms with E-state index in [-0.39, 0.29) is 0 Å². The SMILES string of the molecule is CCC1CCCC(/C=C\CS)C1. The van der Waals surface area contributed by atoms with Gasteiger partial charge in [0.25, 0.3) is 0 Å². The largest absolute Gasteiger partial charge is 0.175 e. The maximum atomic E-state index is 4.18. The summed E-state index contributed by atoms with van der Waals surface area (Å²) in [6, 6.07) is 0. The second-order valence-corrected chi connectivity index (χ2v) is 4.18. The number of thiol groups is 1. The molecule has 0 amide bonds. The topological polar surface area (TPSA) is 0 Å². The van der Waals surface area contributed by atoms with E-state index in [4.69, 9.17) is 0 Å². The smallest absolute Gasteiger partial charge is 0.00826 e. The zero-order chi connectivity index (χ0) is 8.81. The molecule has 2 atom stereocenters. The van der Waals surface area contributed by atoms with Crippen molar-refractivity contribution in [2.24, 2.45) is 11.8 Å². The van der Waals surface area contributed by atoms with Gasteiger partial charge in [0, 0.05) is 5.75 Å². The lowest BCUT2D eigenvalue weighted by atomic mass is 9.80. The fraction of sp³-hybridized carbons (Fsp3) is 0.818. The molecule has 0 nitrogen and oxygen atoms in total. The molecule has 0 spiro atoms. The van der Waals surface area contributed by atoms with Gasteiger partial charge in [-0.15, -0.1) is 0 Å². The van der Waals surface area contributed by atoms with Crippen molar-refractivity contribution in [1.82, 2.24) is 0 Å². The van der Waals surface area contributed by atoms with Crippen molar-refractivity contribution >= 4 is 12.6 Å². The average Bonchev–Trinajstić information content (AvgIpc) is 2.15. The Balaban J connectivity index is 2.30. The normalized spacial score (nSPS) is 31.2. The summed E-state index contributed by atoms with van der Waals surface area (Å²) in [7, 11) is 0. The van der Waals surface area contributed by atoms with Gasteiger partial charge in [-0.05, 0) is 24.7 Å². The highest BCUT2D eigenvalue weighted by atomic mass is 32.1. The Hall–Kier alpha value is 0.0900. The molecular formula is C11H20S. The van der Waals surface area contributed by atoms with Crippen LogP contribution in [-0.2, 0) is 0 Å². The third kappa shape index (κ3) is 3.22. The van der Waals surface area contributed by atoms with Crippen LogP contribution < -0.4 is 0 Å². The van der Waals surface area contributed by atoms with Gasteiger partial charge in [0.1, 0.15) is 0 Å². The number of allylic oxidation sites excluding steroid dienone is 1. The third-order valence-corrected chi connectivity index (χ3v) is 3.13. The Morgan fingerprint density at radius 3 is 2.92 bits per heavy atom. The molecule has 0 bridgehead atoms. The minimum atomic E-state index is 0.857. The van der Waals surface area contributed by atoms with E-state index in [1.807, 2.05) is 0 Å². The van der Waals surface area contributed by atoms with Crippen LogP contribution >= 0.6 is 12.6 Å². The maximum Gasteiger partial charge on any atom is 0.00826 e. The third-order valence-electron chi connectivity index (χ3n) is 2.91. The summed E-state index contributed by atoms with van der Waals surface area (Å²) < 4.78 is 0. The van der Waals surface area contributed by atoms with E-state index in [2.05, 4.69) is 31.7 Å². The minimum Gasteiger partial charge on any atom is -0.175 e. The van der Waals surface area contributed by atoms with Gasteiger partial charge in [0.2, 0.25) is 0 Å². The Morgan fingerprint density at radius 1 is 1.42 bits per heavy atom. The molecule has 1 fully saturated rings. The van der Waals surface area contributed by atoms with E-state index >= 15 is 0 Å². The summed E-state index contributed by atoms with van der Waals surface area (Å²) in [6.07, 6.45) is 11.6. The average molecular weight is 184 g/mol. The fourth-order valence-corrected chi connectivity index (χ4v) is 2.25. The van der Waals surface area contributed by atoms with Crippen LogP contribution in [0.5, 0.6) is 0 Å². The van der Waals surface area contributed by atoms with E-state index in [0.717, 1.165) is 17.6 Å². The van der Waals surface area contributed by atoms with E-state index < -0.39 is 0 Å². The van der Waals surface area contributed by atoms with Crippen molar-refractivity contribution in [2.75, 3.05) is 5.75 Å². The molecule has 0 aromatic rings. The molecule has 0 radical (unpaired) electrons. The molecule has 0 N–H and O–H groups in total. The van der Waals surface area contributed by atoms with Gasteiger partial charge in [0.15, 0.2) is 0 Å². The zero-order valence-corrected chi connectivity index (χ0v) is 8.89. The van der Waals surface area contributed by atoms with Crippen molar-refractivity contribution in [3.63, 3.8) is 0 Å². The number of hydrogen-bond donors (Lipinski definition) is 1. The molecule has 0 aromatic carbocycles. The van der Waals surface area contributed by atoms with E-state index in [0.29, 0.717) is 0 Å². The Morgan fingerprint density at radius 2 is 2.25 bits per heavy atom. The second-order valence-electron chi connectivity index (χ2n) is 3.81. The van der Waals surface area contributed by atoms with Crippen LogP contribution in [0.2, 0.25) is 0 Å². The zero-order valence-electron chi connectivity index (χ0n) is 8.00. The van der Waals surface area contributed by atoms with Crippen molar-refractivity contribution < 1.29 is 0 Å². The molecule has 0 aromatic heterocycles. The summed E-state index contributed by atoms with van der Waals surface area (Å²) in [5.74, 6) is 2.75. The summed E-state index contributed by atoms with van der Waals surface area (Å²) in [5, 5.41) is 0. The summed E-state index contributed by atoms with van der Waals surface area (Å²) >= 11 is 4.18. The van der Waals surface area contributed by atoms with Crippen LogP contribution in [0.15, 0.2) is 12.2 Å². The van der Waals surface area contributed by atoms with Gasteiger partial charge in [-0.25, -0.2) is 0 Å². The standard InChI is InChI=1S/C11H20S/c1-2-10-5-3-6-11(9-10)7-4-8-12/h4,7,10-12H,2-3,5-6,8-9H2,1H3/b7-4-. The quantitative estimate of drug-likeness (QED) is 0.502. The first-order chi connectivity index (χ1) is 5.86. The van der Waals surface area contributed by atoms with Crippen molar-refractivity contribution in [1.29, 1.82) is 0 Å². The minimum absolute atomic E-state index is 0.857. The first-order valence-corrected chi connectivity index (χ1v) is 5.77. The van der Waals surface area contributed by atoms with E-state index in [1.165, 1.54) is 32.1 Å². The van der Waals surface area contributed by atoms with E-state index in [9.17, 15) is 0 Å². The van der Waals surface area contributed by atoms with Crippen LogP contribution in [0, 0.1) is 11.8 Å². The molecule has 70 valence electrons. The van der Waals surface area contributed by atoms with Crippen molar-refractivity contribution in [3.05, 3.63) is 12.2 Å². The maximum absolute atomic E-state index is 4.18. The van der Waals surface area contributed by atoms with Crippen molar-refractivity contribution in [3.8, 4) is 0 Å². The molecule has 12 heavy (non-hydrogen) atoms. The van der Waals surface area contributed by atoms with Gasteiger partial charge in [-0.2, -0.15) is 12.6 Å². The highest BCUT2D eigenvalue weighted by Crippen LogP contribution is 2.31. The number of rotatable bonds is 3. The molecule has 1 heteroatoms. The lowest BCUT2D eigenvalue weighted by Crippen LogP contribution is -2.13. The second kappa shape index (κ2) is 5.69. The predicted octanol–water partition coefficient (Wildman–Crippen LogP) is 3.69. The molecular weight excluding hydrogens is 164 g/mol. The van der Waals surface area contributed by atoms with Crippen molar-refractivity contribution in [2.45, 2.75) is 39.0 Å². The number of hydrogen-bond acceptors (Lipinski definition) is 1. The Bertz CT molecular complexity index is 140. The molecule has 0 heterocycles.